The fourth-order valence-electron chi connectivity index (χ4n) is 4.66. The van der Waals surface area contributed by atoms with Crippen molar-refractivity contribution in [2.24, 2.45) is 11.8 Å². The van der Waals surface area contributed by atoms with Crippen LogP contribution in [0.5, 0.6) is 0 Å². The molecule has 0 spiro atoms. The Labute approximate surface area is 153 Å². The first kappa shape index (κ1) is 16.8. The summed E-state index contributed by atoms with van der Waals surface area (Å²) in [4.78, 5) is 14.7. The largest absolute Gasteiger partial charge is 0.385 e. The van der Waals surface area contributed by atoms with Crippen molar-refractivity contribution >= 4 is 17.2 Å². The van der Waals surface area contributed by atoms with E-state index in [0.29, 0.717) is 18.9 Å². The topological polar surface area (TPSA) is 40.5 Å². The van der Waals surface area contributed by atoms with Gasteiger partial charge in [0.1, 0.15) is 0 Å². The minimum Gasteiger partial charge on any atom is -0.385 e. The summed E-state index contributed by atoms with van der Waals surface area (Å²) in [7, 11) is 0. The van der Waals surface area contributed by atoms with Crippen LogP contribution in [0.1, 0.15) is 36.8 Å². The number of fused-ring (bicyclic) bond motifs is 1. The first-order chi connectivity index (χ1) is 12.2. The molecule has 1 saturated carbocycles. The SMILES string of the molecule is O=C(CCc1ccsc1)N1C[C@H]2CCC[C@](O)(c3ccccc3)[C@H]2C1. The molecular weight excluding hydrogens is 330 g/mol. The van der Waals surface area contributed by atoms with Gasteiger partial charge in [-0.25, -0.2) is 0 Å². The third-order valence-corrected chi connectivity index (χ3v) is 6.75. The number of hydrogen-bond acceptors (Lipinski definition) is 3. The van der Waals surface area contributed by atoms with Gasteiger partial charge in [-0.2, -0.15) is 11.3 Å². The normalized spacial score (nSPS) is 28.8. The van der Waals surface area contributed by atoms with E-state index >= 15 is 0 Å². The van der Waals surface area contributed by atoms with Gasteiger partial charge in [-0.3, -0.25) is 4.79 Å². The van der Waals surface area contributed by atoms with E-state index in [0.717, 1.165) is 37.8 Å². The van der Waals surface area contributed by atoms with Crippen molar-refractivity contribution in [3.05, 3.63) is 58.3 Å². The quantitative estimate of drug-likeness (QED) is 0.905. The first-order valence-corrected chi connectivity index (χ1v) is 10.2. The van der Waals surface area contributed by atoms with Crippen LogP contribution in [0.4, 0.5) is 0 Å². The molecule has 0 bridgehead atoms. The van der Waals surface area contributed by atoms with Gasteiger partial charge in [0, 0.05) is 25.4 Å². The van der Waals surface area contributed by atoms with Crippen molar-refractivity contribution in [2.45, 2.75) is 37.7 Å². The van der Waals surface area contributed by atoms with Crippen LogP contribution in [0.15, 0.2) is 47.2 Å². The van der Waals surface area contributed by atoms with Crippen molar-refractivity contribution in [3.63, 3.8) is 0 Å². The minimum atomic E-state index is -0.785. The molecule has 2 aliphatic rings. The average molecular weight is 356 g/mol. The molecule has 1 amide bonds. The maximum absolute atomic E-state index is 12.7. The number of nitrogens with zero attached hydrogens (tertiary/aromatic N) is 1. The van der Waals surface area contributed by atoms with E-state index in [2.05, 4.69) is 16.8 Å². The second-order valence-corrected chi connectivity index (χ2v) is 8.26. The molecular formula is C21H25NO2S. The summed E-state index contributed by atoms with van der Waals surface area (Å²) in [6, 6.07) is 12.1. The summed E-state index contributed by atoms with van der Waals surface area (Å²) < 4.78 is 0. The lowest BCUT2D eigenvalue weighted by Gasteiger charge is -2.41. The van der Waals surface area contributed by atoms with Gasteiger partial charge in [0.15, 0.2) is 0 Å². The maximum atomic E-state index is 12.7. The predicted molar refractivity (Wildman–Crippen MR) is 100 cm³/mol. The molecule has 2 aromatic rings. The van der Waals surface area contributed by atoms with Crippen molar-refractivity contribution in [1.82, 2.24) is 4.90 Å². The van der Waals surface area contributed by atoms with Gasteiger partial charge in [-0.1, -0.05) is 30.3 Å². The Morgan fingerprint density at radius 1 is 1.24 bits per heavy atom. The highest BCUT2D eigenvalue weighted by Gasteiger charge is 2.50. The van der Waals surface area contributed by atoms with Gasteiger partial charge in [-0.15, -0.1) is 0 Å². The van der Waals surface area contributed by atoms with Crippen LogP contribution in [0, 0.1) is 11.8 Å². The molecule has 132 valence electrons. The van der Waals surface area contributed by atoms with Crippen molar-refractivity contribution in [3.8, 4) is 0 Å². The molecule has 2 heterocycles. The molecule has 1 aliphatic heterocycles. The van der Waals surface area contributed by atoms with Gasteiger partial charge in [-0.05, 0) is 59.6 Å². The molecule has 1 saturated heterocycles. The molecule has 1 aliphatic carbocycles. The summed E-state index contributed by atoms with van der Waals surface area (Å²) in [5.41, 5.74) is 1.47. The molecule has 1 N–H and O–H groups in total. The van der Waals surface area contributed by atoms with Crippen LogP contribution in [0.2, 0.25) is 0 Å². The Hall–Kier alpha value is -1.65. The van der Waals surface area contributed by atoms with Crippen molar-refractivity contribution in [2.75, 3.05) is 13.1 Å². The second kappa shape index (κ2) is 6.93. The van der Waals surface area contributed by atoms with E-state index in [-0.39, 0.29) is 11.8 Å². The lowest BCUT2D eigenvalue weighted by atomic mass is 9.67. The molecule has 2 fully saturated rings. The number of aliphatic hydroxyl groups is 1. The Morgan fingerprint density at radius 2 is 2.08 bits per heavy atom. The number of hydrogen-bond donors (Lipinski definition) is 1. The summed E-state index contributed by atoms with van der Waals surface area (Å²) in [6.45, 7) is 1.50. The third kappa shape index (κ3) is 3.25. The maximum Gasteiger partial charge on any atom is 0.222 e. The van der Waals surface area contributed by atoms with E-state index in [1.807, 2.05) is 35.2 Å². The highest BCUT2D eigenvalue weighted by molar-refractivity contribution is 7.07. The molecule has 3 atom stereocenters. The summed E-state index contributed by atoms with van der Waals surface area (Å²) >= 11 is 1.68. The van der Waals surface area contributed by atoms with E-state index in [1.165, 1.54) is 5.56 Å². The highest BCUT2D eigenvalue weighted by Crippen LogP contribution is 2.48. The van der Waals surface area contributed by atoms with Crippen LogP contribution in [-0.2, 0) is 16.8 Å². The number of thiophene rings is 1. The number of carbonyl (C=O) groups excluding carboxylic acids is 1. The molecule has 4 heteroatoms. The summed E-state index contributed by atoms with van der Waals surface area (Å²) in [6.07, 6.45) is 4.34. The summed E-state index contributed by atoms with van der Waals surface area (Å²) in [5.74, 6) is 0.814. The molecule has 3 nitrogen and oxygen atoms in total. The van der Waals surface area contributed by atoms with Crippen LogP contribution in [0.3, 0.4) is 0 Å². The Morgan fingerprint density at radius 3 is 2.84 bits per heavy atom. The number of benzene rings is 1. The van der Waals surface area contributed by atoms with Crippen molar-refractivity contribution < 1.29 is 9.90 Å². The number of carbonyl (C=O) groups is 1. The molecule has 25 heavy (non-hydrogen) atoms. The molecule has 0 radical (unpaired) electrons. The molecule has 1 aromatic carbocycles. The zero-order chi connectivity index (χ0) is 17.3. The molecule has 4 rings (SSSR count). The fourth-order valence-corrected chi connectivity index (χ4v) is 5.36. The van der Waals surface area contributed by atoms with E-state index < -0.39 is 5.60 Å². The van der Waals surface area contributed by atoms with Crippen LogP contribution < -0.4 is 0 Å². The number of amides is 1. The fraction of sp³-hybridized carbons (Fsp3) is 0.476. The highest BCUT2D eigenvalue weighted by atomic mass is 32.1. The number of likely N-dealkylation sites (tertiary alicyclic amines) is 1. The monoisotopic (exact) mass is 355 g/mol. The molecule has 1 aromatic heterocycles. The average Bonchev–Trinajstić information content (AvgIpc) is 3.31. The zero-order valence-electron chi connectivity index (χ0n) is 14.4. The third-order valence-electron chi connectivity index (χ3n) is 6.02. The summed E-state index contributed by atoms with van der Waals surface area (Å²) in [5, 5.41) is 15.6. The minimum absolute atomic E-state index is 0.161. The van der Waals surface area contributed by atoms with E-state index in [1.54, 1.807) is 11.3 Å². The predicted octanol–water partition coefficient (Wildman–Crippen LogP) is 3.83. The van der Waals surface area contributed by atoms with E-state index in [9.17, 15) is 9.90 Å². The van der Waals surface area contributed by atoms with Crippen LogP contribution in [-0.4, -0.2) is 29.0 Å². The number of aryl methyl sites for hydroxylation is 1. The van der Waals surface area contributed by atoms with Crippen LogP contribution in [0.25, 0.3) is 0 Å². The standard InChI is InChI=1S/C21H25NO2S/c23-20(9-8-16-10-12-25-15-16)22-13-17-5-4-11-21(24,19(17)14-22)18-6-2-1-3-7-18/h1-3,6-7,10,12,15,17,19,24H,4-5,8-9,11,13-14H2/t17-,19+,21+/m1/s1. The molecule has 0 unspecified atom stereocenters. The van der Waals surface area contributed by atoms with Gasteiger partial charge in [0.2, 0.25) is 5.91 Å². The van der Waals surface area contributed by atoms with Gasteiger partial charge >= 0.3 is 0 Å². The lowest BCUT2D eigenvalue weighted by Crippen LogP contribution is -2.42. The van der Waals surface area contributed by atoms with Crippen LogP contribution >= 0.6 is 11.3 Å². The smallest absolute Gasteiger partial charge is 0.222 e. The van der Waals surface area contributed by atoms with Gasteiger partial charge < -0.3 is 10.0 Å². The first-order valence-electron chi connectivity index (χ1n) is 9.23. The van der Waals surface area contributed by atoms with Gasteiger partial charge in [0.05, 0.1) is 5.60 Å². The zero-order valence-corrected chi connectivity index (χ0v) is 15.3. The Bertz CT molecular complexity index is 715. The second-order valence-electron chi connectivity index (χ2n) is 7.48. The van der Waals surface area contributed by atoms with E-state index in [4.69, 9.17) is 0 Å². The van der Waals surface area contributed by atoms with Crippen molar-refractivity contribution in [1.29, 1.82) is 0 Å². The number of rotatable bonds is 4. The lowest BCUT2D eigenvalue weighted by molar-refractivity contribution is -0.130. The Balaban J connectivity index is 1.46. The Kier molecular flexibility index (Phi) is 4.65. The van der Waals surface area contributed by atoms with Gasteiger partial charge in [0.25, 0.3) is 0 Å².